The van der Waals surface area contributed by atoms with Crippen molar-refractivity contribution in [1.29, 1.82) is 0 Å². The molecular formula is C31H27N3O4. The number of fused-ring (bicyclic) bond motifs is 1. The van der Waals surface area contributed by atoms with Gasteiger partial charge >= 0.3 is 6.03 Å². The predicted octanol–water partition coefficient (Wildman–Crippen LogP) is 6.89. The van der Waals surface area contributed by atoms with Gasteiger partial charge in [-0.05, 0) is 48.9 Å². The molecule has 3 aromatic carbocycles. The highest BCUT2D eigenvalue weighted by atomic mass is 16.5. The van der Waals surface area contributed by atoms with E-state index in [1.54, 1.807) is 18.3 Å². The van der Waals surface area contributed by atoms with E-state index in [4.69, 9.17) is 9.15 Å². The molecule has 1 aromatic heterocycles. The van der Waals surface area contributed by atoms with Gasteiger partial charge in [-0.2, -0.15) is 0 Å². The van der Waals surface area contributed by atoms with Crippen LogP contribution in [-0.4, -0.2) is 18.9 Å². The van der Waals surface area contributed by atoms with Gasteiger partial charge in [-0.15, -0.1) is 0 Å². The number of ether oxygens (including phenoxy) is 1. The van der Waals surface area contributed by atoms with E-state index in [2.05, 4.69) is 10.6 Å². The summed E-state index contributed by atoms with van der Waals surface area (Å²) >= 11 is 0. The number of nitrogens with zero attached hydrogens (tertiary/aromatic N) is 1. The summed E-state index contributed by atoms with van der Waals surface area (Å²) in [7, 11) is 1.60. The lowest BCUT2D eigenvalue weighted by Crippen LogP contribution is -2.41. The molecule has 2 N–H and O–H groups in total. The number of carbonyl (C=O) groups excluding carboxylic acids is 2. The van der Waals surface area contributed by atoms with E-state index < -0.39 is 6.04 Å². The Bertz CT molecular complexity index is 1510. The number of amides is 2. The van der Waals surface area contributed by atoms with Gasteiger partial charge in [0, 0.05) is 34.9 Å². The number of anilines is 3. The van der Waals surface area contributed by atoms with E-state index in [1.165, 1.54) is 0 Å². The molecule has 6 rings (SSSR count). The summed E-state index contributed by atoms with van der Waals surface area (Å²) in [6, 6.07) is 27.1. The standard InChI is InChI=1S/C31H27N3O4/c1-37-28-15-8-5-12-22(28)30-29-24(18-20(19-26(29)35)27-16-9-17-38-27)33-23-13-6-7-14-25(23)34(30)31(36)32-21-10-3-2-4-11-21/h2-17,20,30,33H,18-19H2,1H3,(H,32,36)/t20-,30-/m0/s1. The molecule has 0 radical (unpaired) electrons. The monoisotopic (exact) mass is 505 g/mol. The quantitative estimate of drug-likeness (QED) is 0.315. The largest absolute Gasteiger partial charge is 0.496 e. The van der Waals surface area contributed by atoms with E-state index in [0.717, 1.165) is 22.7 Å². The minimum absolute atomic E-state index is 0.0404. The zero-order valence-corrected chi connectivity index (χ0v) is 20.9. The molecule has 0 bridgehead atoms. The third kappa shape index (κ3) is 4.22. The number of allylic oxidation sites excluding steroid dienone is 1. The van der Waals surface area contributed by atoms with Crippen molar-refractivity contribution in [3.05, 3.63) is 120 Å². The van der Waals surface area contributed by atoms with Crippen LogP contribution in [0.1, 0.15) is 36.1 Å². The Morgan fingerprint density at radius 2 is 1.71 bits per heavy atom. The normalized spacial score (nSPS) is 18.7. The van der Waals surface area contributed by atoms with Crippen LogP contribution in [0, 0.1) is 0 Å². The molecule has 0 unspecified atom stereocenters. The number of urea groups is 1. The first-order valence-electron chi connectivity index (χ1n) is 12.6. The van der Waals surface area contributed by atoms with Crippen LogP contribution in [0.15, 0.2) is 113 Å². The maximum atomic E-state index is 14.1. The summed E-state index contributed by atoms with van der Waals surface area (Å²) in [4.78, 5) is 29.8. The van der Waals surface area contributed by atoms with Crippen molar-refractivity contribution < 1.29 is 18.7 Å². The highest BCUT2D eigenvalue weighted by molar-refractivity contribution is 6.09. The Kier molecular flexibility index (Phi) is 6.17. The van der Waals surface area contributed by atoms with Crippen molar-refractivity contribution in [2.45, 2.75) is 24.8 Å². The maximum Gasteiger partial charge on any atom is 0.327 e. The zero-order chi connectivity index (χ0) is 26.1. The fourth-order valence-electron chi connectivity index (χ4n) is 5.43. The fraction of sp³-hybridized carbons (Fsp3) is 0.161. The minimum atomic E-state index is -0.717. The number of Topliss-reactive ketones (excluding diaryl/α,β-unsaturated/α-hetero) is 1. The molecule has 2 aliphatic rings. The summed E-state index contributed by atoms with van der Waals surface area (Å²) in [5, 5.41) is 6.55. The highest BCUT2D eigenvalue weighted by Crippen LogP contribution is 2.49. The van der Waals surface area contributed by atoms with Gasteiger partial charge in [0.1, 0.15) is 11.5 Å². The third-order valence-electron chi connectivity index (χ3n) is 7.11. The molecule has 0 spiro atoms. The summed E-state index contributed by atoms with van der Waals surface area (Å²) in [6.07, 6.45) is 2.49. The van der Waals surface area contributed by atoms with Crippen LogP contribution in [0.25, 0.3) is 0 Å². The number of hydrogen-bond donors (Lipinski definition) is 2. The number of carbonyl (C=O) groups is 2. The van der Waals surface area contributed by atoms with Gasteiger partial charge in [0.05, 0.1) is 30.8 Å². The molecular weight excluding hydrogens is 478 g/mol. The van der Waals surface area contributed by atoms with E-state index in [1.807, 2.05) is 91.0 Å². The van der Waals surface area contributed by atoms with Crippen molar-refractivity contribution in [2.24, 2.45) is 0 Å². The van der Waals surface area contributed by atoms with Gasteiger partial charge in [-0.1, -0.05) is 48.5 Å². The topological polar surface area (TPSA) is 83.8 Å². The van der Waals surface area contributed by atoms with Crippen LogP contribution < -0.4 is 20.3 Å². The second kappa shape index (κ2) is 9.94. The molecule has 7 nitrogen and oxygen atoms in total. The molecule has 1 aliphatic heterocycles. The second-order valence-corrected chi connectivity index (χ2v) is 9.39. The van der Waals surface area contributed by atoms with Crippen LogP contribution in [0.5, 0.6) is 5.75 Å². The van der Waals surface area contributed by atoms with E-state index in [-0.39, 0.29) is 24.2 Å². The van der Waals surface area contributed by atoms with Crippen molar-refractivity contribution in [3.8, 4) is 5.75 Å². The average Bonchev–Trinajstić information content (AvgIpc) is 3.44. The molecule has 190 valence electrons. The van der Waals surface area contributed by atoms with Crippen molar-refractivity contribution in [3.63, 3.8) is 0 Å². The van der Waals surface area contributed by atoms with Crippen LogP contribution >= 0.6 is 0 Å². The van der Waals surface area contributed by atoms with Crippen LogP contribution in [0.3, 0.4) is 0 Å². The summed E-state index contributed by atoms with van der Waals surface area (Å²) in [6.45, 7) is 0. The SMILES string of the molecule is COc1ccccc1[C@H]1C2=C(C[C@H](c3ccco3)CC2=O)Nc2ccccc2N1C(=O)Nc1ccccc1. The molecule has 1 aliphatic carbocycles. The van der Waals surface area contributed by atoms with E-state index in [0.29, 0.717) is 29.1 Å². The fourth-order valence-corrected chi connectivity index (χ4v) is 5.43. The molecule has 7 heteroatoms. The summed E-state index contributed by atoms with van der Waals surface area (Å²) in [5.41, 5.74) is 4.13. The molecule has 2 atom stereocenters. The number of nitrogens with one attached hydrogen (secondary N) is 2. The van der Waals surface area contributed by atoms with Gasteiger partial charge in [0.15, 0.2) is 5.78 Å². The maximum absolute atomic E-state index is 14.1. The molecule has 0 saturated carbocycles. The number of hydrogen-bond acceptors (Lipinski definition) is 5. The van der Waals surface area contributed by atoms with Crippen molar-refractivity contribution in [1.82, 2.24) is 0 Å². The summed E-state index contributed by atoms with van der Waals surface area (Å²) in [5.74, 6) is 1.24. The number of ketones is 1. The van der Waals surface area contributed by atoms with Crippen LogP contribution in [0.4, 0.5) is 21.9 Å². The highest BCUT2D eigenvalue weighted by Gasteiger charge is 2.43. The average molecular weight is 506 g/mol. The number of furan rings is 1. The lowest BCUT2D eigenvalue weighted by atomic mass is 9.80. The first-order chi connectivity index (χ1) is 18.6. The Morgan fingerprint density at radius 1 is 0.947 bits per heavy atom. The Labute approximate surface area is 220 Å². The first-order valence-corrected chi connectivity index (χ1v) is 12.6. The molecule has 0 fully saturated rings. The molecule has 0 saturated heterocycles. The van der Waals surface area contributed by atoms with Gasteiger partial charge in [-0.25, -0.2) is 4.79 Å². The van der Waals surface area contributed by atoms with Gasteiger partial charge in [-0.3, -0.25) is 9.69 Å². The van der Waals surface area contributed by atoms with Gasteiger partial charge in [0.25, 0.3) is 0 Å². The van der Waals surface area contributed by atoms with Crippen molar-refractivity contribution in [2.75, 3.05) is 22.6 Å². The Morgan fingerprint density at radius 3 is 2.50 bits per heavy atom. The lowest BCUT2D eigenvalue weighted by Gasteiger charge is -2.35. The van der Waals surface area contributed by atoms with Crippen molar-refractivity contribution >= 4 is 28.9 Å². The minimum Gasteiger partial charge on any atom is -0.496 e. The molecule has 4 aromatic rings. The lowest BCUT2D eigenvalue weighted by molar-refractivity contribution is -0.116. The smallest absolute Gasteiger partial charge is 0.327 e. The summed E-state index contributed by atoms with van der Waals surface area (Å²) < 4.78 is 11.4. The number of para-hydroxylation sites is 4. The zero-order valence-electron chi connectivity index (χ0n) is 20.9. The Balaban J connectivity index is 1.55. The predicted molar refractivity (Wildman–Crippen MR) is 146 cm³/mol. The van der Waals surface area contributed by atoms with Gasteiger partial charge in [0.2, 0.25) is 0 Å². The van der Waals surface area contributed by atoms with E-state index in [9.17, 15) is 9.59 Å². The number of methoxy groups -OCH3 is 1. The van der Waals surface area contributed by atoms with Crippen LogP contribution in [-0.2, 0) is 4.79 Å². The molecule has 2 heterocycles. The second-order valence-electron chi connectivity index (χ2n) is 9.39. The molecule has 38 heavy (non-hydrogen) atoms. The van der Waals surface area contributed by atoms with E-state index >= 15 is 0 Å². The number of benzene rings is 3. The number of rotatable bonds is 4. The van der Waals surface area contributed by atoms with Gasteiger partial charge < -0.3 is 19.8 Å². The third-order valence-corrected chi connectivity index (χ3v) is 7.11. The van der Waals surface area contributed by atoms with Crippen LogP contribution in [0.2, 0.25) is 0 Å². The first kappa shape index (κ1) is 23.6. The Hall–Kier alpha value is -4.78. The molecule has 2 amide bonds.